The van der Waals surface area contributed by atoms with Gasteiger partial charge in [0.25, 0.3) is 0 Å². The van der Waals surface area contributed by atoms with Gasteiger partial charge in [0.05, 0.1) is 6.61 Å². The Morgan fingerprint density at radius 3 is 2.33 bits per heavy atom. The molecule has 0 saturated heterocycles. The highest BCUT2D eigenvalue weighted by atomic mass is 16.3. The SMILES string of the molecule is CCN(c1ccccc1C)C(C)CC(C)(CO)NC(C)C. The van der Waals surface area contributed by atoms with Crippen LogP contribution in [0.3, 0.4) is 0 Å². The summed E-state index contributed by atoms with van der Waals surface area (Å²) in [6.07, 6.45) is 0.907. The van der Waals surface area contributed by atoms with Crippen LogP contribution in [-0.4, -0.2) is 35.9 Å². The number of para-hydroxylation sites is 1. The highest BCUT2D eigenvalue weighted by Crippen LogP contribution is 2.25. The van der Waals surface area contributed by atoms with Gasteiger partial charge in [-0.15, -0.1) is 0 Å². The van der Waals surface area contributed by atoms with Crippen molar-refractivity contribution in [2.24, 2.45) is 0 Å². The maximum atomic E-state index is 9.78. The highest BCUT2D eigenvalue weighted by Gasteiger charge is 2.28. The average Bonchev–Trinajstić information content (AvgIpc) is 2.40. The lowest BCUT2D eigenvalue weighted by molar-refractivity contribution is 0.150. The summed E-state index contributed by atoms with van der Waals surface area (Å²) in [6, 6.07) is 9.23. The third-order valence-corrected chi connectivity index (χ3v) is 4.03. The van der Waals surface area contributed by atoms with Gasteiger partial charge in [0.15, 0.2) is 0 Å². The minimum Gasteiger partial charge on any atom is -0.394 e. The molecule has 21 heavy (non-hydrogen) atoms. The van der Waals surface area contributed by atoms with Crippen LogP contribution in [0.4, 0.5) is 5.69 Å². The van der Waals surface area contributed by atoms with Crippen LogP contribution in [0.15, 0.2) is 24.3 Å². The van der Waals surface area contributed by atoms with Crippen molar-refractivity contribution in [3.63, 3.8) is 0 Å². The standard InChI is InChI=1S/C18H32N2O/c1-7-20(17-11-9-8-10-15(17)4)16(5)12-18(6,13-21)19-14(2)3/h8-11,14,16,19,21H,7,12-13H2,1-6H3. The van der Waals surface area contributed by atoms with Gasteiger partial charge in [0.2, 0.25) is 0 Å². The van der Waals surface area contributed by atoms with Crippen molar-refractivity contribution in [3.8, 4) is 0 Å². The molecule has 0 bridgehead atoms. The Morgan fingerprint density at radius 1 is 1.24 bits per heavy atom. The normalized spacial score (nSPS) is 15.8. The lowest BCUT2D eigenvalue weighted by Gasteiger charge is -2.39. The highest BCUT2D eigenvalue weighted by molar-refractivity contribution is 5.53. The Bertz CT molecular complexity index is 433. The second kappa shape index (κ2) is 7.81. The smallest absolute Gasteiger partial charge is 0.0611 e. The summed E-state index contributed by atoms with van der Waals surface area (Å²) < 4.78 is 0. The number of anilines is 1. The summed E-state index contributed by atoms with van der Waals surface area (Å²) in [5, 5.41) is 13.3. The number of aliphatic hydroxyl groups excluding tert-OH is 1. The monoisotopic (exact) mass is 292 g/mol. The molecule has 0 aliphatic heterocycles. The number of nitrogens with one attached hydrogen (secondary N) is 1. The summed E-state index contributed by atoms with van der Waals surface area (Å²) in [7, 11) is 0. The van der Waals surface area contributed by atoms with Gasteiger partial charge in [-0.1, -0.05) is 32.0 Å². The van der Waals surface area contributed by atoms with E-state index >= 15 is 0 Å². The maximum Gasteiger partial charge on any atom is 0.0611 e. The zero-order valence-electron chi connectivity index (χ0n) is 14.5. The van der Waals surface area contributed by atoms with E-state index in [1.165, 1.54) is 11.3 Å². The zero-order valence-corrected chi connectivity index (χ0v) is 14.5. The third kappa shape index (κ3) is 5.01. The lowest BCUT2D eigenvalue weighted by atomic mass is 9.92. The Kier molecular flexibility index (Phi) is 6.69. The molecule has 1 aromatic carbocycles. The summed E-state index contributed by atoms with van der Waals surface area (Å²) in [4.78, 5) is 2.42. The molecule has 0 fully saturated rings. The van der Waals surface area contributed by atoms with Gasteiger partial charge in [-0.2, -0.15) is 0 Å². The molecule has 3 nitrogen and oxygen atoms in total. The van der Waals surface area contributed by atoms with E-state index in [9.17, 15) is 5.11 Å². The molecule has 0 aliphatic rings. The molecule has 2 unspecified atom stereocenters. The third-order valence-electron chi connectivity index (χ3n) is 4.03. The molecule has 0 amide bonds. The molecule has 2 N–H and O–H groups in total. The molecule has 1 rings (SSSR count). The fourth-order valence-corrected chi connectivity index (χ4v) is 3.23. The topological polar surface area (TPSA) is 35.5 Å². The average molecular weight is 292 g/mol. The van der Waals surface area contributed by atoms with Gasteiger partial charge in [-0.3, -0.25) is 0 Å². The Balaban J connectivity index is 2.89. The Hall–Kier alpha value is -1.06. The summed E-state index contributed by atoms with van der Waals surface area (Å²) in [5.41, 5.74) is 2.34. The number of benzene rings is 1. The second-order valence-corrected chi connectivity index (χ2v) is 6.64. The molecular weight excluding hydrogens is 260 g/mol. The summed E-state index contributed by atoms with van der Waals surface area (Å²) in [6.45, 7) is 14.1. The Labute approximate surface area is 130 Å². The number of hydrogen-bond donors (Lipinski definition) is 2. The first-order valence-corrected chi connectivity index (χ1v) is 8.03. The van der Waals surface area contributed by atoms with Crippen LogP contribution in [0.5, 0.6) is 0 Å². The molecule has 0 heterocycles. The number of rotatable bonds is 8. The van der Waals surface area contributed by atoms with Crippen molar-refractivity contribution < 1.29 is 5.11 Å². The van der Waals surface area contributed by atoms with E-state index in [0.29, 0.717) is 12.1 Å². The van der Waals surface area contributed by atoms with Crippen molar-refractivity contribution in [2.45, 2.75) is 65.6 Å². The largest absolute Gasteiger partial charge is 0.394 e. The van der Waals surface area contributed by atoms with E-state index in [1.807, 2.05) is 0 Å². The van der Waals surface area contributed by atoms with Crippen LogP contribution in [0.1, 0.15) is 46.6 Å². The fraction of sp³-hybridized carbons (Fsp3) is 0.667. The Morgan fingerprint density at radius 2 is 1.86 bits per heavy atom. The van der Waals surface area contributed by atoms with Crippen LogP contribution in [-0.2, 0) is 0 Å². The number of hydrogen-bond acceptors (Lipinski definition) is 3. The fourth-order valence-electron chi connectivity index (χ4n) is 3.23. The van der Waals surface area contributed by atoms with E-state index < -0.39 is 0 Å². The number of nitrogens with zero attached hydrogens (tertiary/aromatic N) is 1. The molecule has 0 aromatic heterocycles. The van der Waals surface area contributed by atoms with Crippen LogP contribution in [0.2, 0.25) is 0 Å². The van der Waals surface area contributed by atoms with Crippen molar-refractivity contribution in [1.82, 2.24) is 5.32 Å². The lowest BCUT2D eigenvalue weighted by Crippen LogP contribution is -2.53. The van der Waals surface area contributed by atoms with E-state index in [-0.39, 0.29) is 12.1 Å². The number of aryl methyl sites for hydroxylation is 1. The van der Waals surface area contributed by atoms with Crippen LogP contribution >= 0.6 is 0 Å². The van der Waals surface area contributed by atoms with Gasteiger partial charge < -0.3 is 15.3 Å². The molecule has 2 atom stereocenters. The molecule has 0 aliphatic carbocycles. The van der Waals surface area contributed by atoms with Crippen LogP contribution in [0, 0.1) is 6.92 Å². The van der Waals surface area contributed by atoms with E-state index in [1.54, 1.807) is 0 Å². The minimum atomic E-state index is -0.246. The predicted molar refractivity (Wildman–Crippen MR) is 92.0 cm³/mol. The van der Waals surface area contributed by atoms with Crippen molar-refractivity contribution >= 4 is 5.69 Å². The molecule has 1 aromatic rings. The first kappa shape index (κ1) is 18.0. The van der Waals surface area contributed by atoms with E-state index in [0.717, 1.165) is 13.0 Å². The summed E-state index contributed by atoms with van der Waals surface area (Å²) >= 11 is 0. The first-order valence-electron chi connectivity index (χ1n) is 8.03. The van der Waals surface area contributed by atoms with Crippen LogP contribution < -0.4 is 10.2 Å². The zero-order chi connectivity index (χ0) is 16.0. The van der Waals surface area contributed by atoms with Gasteiger partial charge >= 0.3 is 0 Å². The van der Waals surface area contributed by atoms with E-state index in [4.69, 9.17) is 0 Å². The van der Waals surface area contributed by atoms with Crippen molar-refractivity contribution in [1.29, 1.82) is 0 Å². The molecule has 0 radical (unpaired) electrons. The van der Waals surface area contributed by atoms with Crippen LogP contribution in [0.25, 0.3) is 0 Å². The molecule has 120 valence electrons. The van der Waals surface area contributed by atoms with Crippen molar-refractivity contribution in [2.75, 3.05) is 18.1 Å². The minimum absolute atomic E-state index is 0.154. The molecule has 3 heteroatoms. The van der Waals surface area contributed by atoms with Gasteiger partial charge in [-0.05, 0) is 45.7 Å². The quantitative estimate of drug-likeness (QED) is 0.771. The van der Waals surface area contributed by atoms with E-state index in [2.05, 4.69) is 76.0 Å². The van der Waals surface area contributed by atoms with Crippen molar-refractivity contribution in [3.05, 3.63) is 29.8 Å². The summed E-state index contributed by atoms with van der Waals surface area (Å²) in [5.74, 6) is 0. The van der Waals surface area contributed by atoms with Gasteiger partial charge in [-0.25, -0.2) is 0 Å². The first-order chi connectivity index (χ1) is 9.83. The molecule has 0 saturated carbocycles. The number of aliphatic hydroxyl groups is 1. The second-order valence-electron chi connectivity index (χ2n) is 6.64. The molecular formula is C18H32N2O. The molecule has 0 spiro atoms. The van der Waals surface area contributed by atoms with Gasteiger partial charge in [0.1, 0.15) is 0 Å². The maximum absolute atomic E-state index is 9.78. The van der Waals surface area contributed by atoms with Gasteiger partial charge in [0, 0.05) is 29.9 Å². The predicted octanol–water partition coefficient (Wildman–Crippen LogP) is 3.35.